The Hall–Kier alpha value is -2.83. The highest BCUT2D eigenvalue weighted by Gasteiger charge is 2.31. The van der Waals surface area contributed by atoms with Crippen LogP contribution in [0.3, 0.4) is 0 Å². The fourth-order valence-corrected chi connectivity index (χ4v) is 3.62. The van der Waals surface area contributed by atoms with E-state index in [9.17, 15) is 9.59 Å². The van der Waals surface area contributed by atoms with E-state index in [-0.39, 0.29) is 17.5 Å². The lowest BCUT2D eigenvalue weighted by atomic mass is 10.0. The average molecular weight is 429 g/mol. The molecule has 3 aromatic rings. The Morgan fingerprint density at radius 2 is 1.86 bits per heavy atom. The first-order chi connectivity index (χ1) is 14.0. The van der Waals surface area contributed by atoms with E-state index in [0.29, 0.717) is 34.5 Å². The lowest BCUT2D eigenvalue weighted by molar-refractivity contribution is -0.121. The summed E-state index contributed by atoms with van der Waals surface area (Å²) in [7, 11) is 0. The molecule has 29 heavy (non-hydrogen) atoms. The normalized spacial score (nSPS) is 16.7. The monoisotopic (exact) mass is 428 g/mol. The number of aromatic nitrogens is 2. The summed E-state index contributed by atoms with van der Waals surface area (Å²) in [4.78, 5) is 31.7. The Bertz CT molecular complexity index is 1050. The maximum Gasteiger partial charge on any atom is 0.270 e. The van der Waals surface area contributed by atoms with E-state index in [1.165, 1.54) is 0 Å². The molecule has 1 atom stereocenters. The maximum absolute atomic E-state index is 13.0. The Kier molecular flexibility index (Phi) is 5.56. The van der Waals surface area contributed by atoms with E-state index in [1.54, 1.807) is 35.2 Å². The molecule has 1 fully saturated rings. The molecule has 1 N–H and O–H groups in total. The van der Waals surface area contributed by atoms with Crippen LogP contribution in [0.2, 0.25) is 10.0 Å². The van der Waals surface area contributed by atoms with Crippen LogP contribution in [0.15, 0.2) is 60.9 Å². The standard InChI is InChI=1S/C21H18Cl2N4O2/c22-15-9-8-14(13-16(15)23)27-12-4-6-18(21(27)29)25-20(28)17-5-3-7-19(24-17)26-10-1-2-11-26/h1-3,5,7-11,13,18H,4,6,12H2,(H,25,28). The van der Waals surface area contributed by atoms with Crippen LogP contribution in [0.4, 0.5) is 5.69 Å². The summed E-state index contributed by atoms with van der Waals surface area (Å²) < 4.78 is 1.81. The van der Waals surface area contributed by atoms with Gasteiger partial charge >= 0.3 is 0 Å². The fraction of sp³-hybridized carbons (Fsp3) is 0.190. The first-order valence-corrected chi connectivity index (χ1v) is 9.96. The van der Waals surface area contributed by atoms with Crippen molar-refractivity contribution in [3.05, 3.63) is 76.7 Å². The van der Waals surface area contributed by atoms with Crippen molar-refractivity contribution in [2.45, 2.75) is 18.9 Å². The summed E-state index contributed by atoms with van der Waals surface area (Å²) in [6.07, 6.45) is 5.03. The van der Waals surface area contributed by atoms with Gasteiger partial charge in [-0.05, 0) is 55.3 Å². The molecule has 0 bridgehead atoms. The highest BCUT2D eigenvalue weighted by Crippen LogP contribution is 2.29. The third-order valence-electron chi connectivity index (χ3n) is 4.79. The zero-order valence-corrected chi connectivity index (χ0v) is 16.9. The van der Waals surface area contributed by atoms with Crippen molar-refractivity contribution in [3.8, 4) is 5.82 Å². The molecule has 2 aromatic heterocycles. The van der Waals surface area contributed by atoms with Crippen molar-refractivity contribution >= 4 is 40.7 Å². The summed E-state index contributed by atoms with van der Waals surface area (Å²) in [6, 6.07) is 13.4. The van der Waals surface area contributed by atoms with E-state index >= 15 is 0 Å². The van der Waals surface area contributed by atoms with Gasteiger partial charge < -0.3 is 14.8 Å². The smallest absolute Gasteiger partial charge is 0.270 e. The molecule has 1 unspecified atom stereocenters. The Labute approximate surface area is 178 Å². The number of anilines is 1. The summed E-state index contributed by atoms with van der Waals surface area (Å²) in [5.41, 5.74) is 0.923. The van der Waals surface area contributed by atoms with E-state index in [4.69, 9.17) is 23.2 Å². The van der Waals surface area contributed by atoms with Gasteiger partial charge in [-0.25, -0.2) is 4.98 Å². The maximum atomic E-state index is 13.0. The number of amides is 2. The van der Waals surface area contributed by atoms with E-state index in [1.807, 2.05) is 35.2 Å². The van der Waals surface area contributed by atoms with Crippen molar-refractivity contribution in [2.75, 3.05) is 11.4 Å². The molecule has 4 rings (SSSR count). The first-order valence-electron chi connectivity index (χ1n) is 9.20. The van der Waals surface area contributed by atoms with Gasteiger partial charge in [-0.2, -0.15) is 0 Å². The Morgan fingerprint density at radius 1 is 1.07 bits per heavy atom. The van der Waals surface area contributed by atoms with Gasteiger partial charge in [0.1, 0.15) is 17.6 Å². The van der Waals surface area contributed by atoms with E-state index in [2.05, 4.69) is 10.3 Å². The number of carbonyl (C=O) groups excluding carboxylic acids is 2. The largest absolute Gasteiger partial charge is 0.339 e. The molecule has 2 amide bonds. The number of halogens is 2. The summed E-state index contributed by atoms with van der Waals surface area (Å²) in [6.45, 7) is 0.560. The molecule has 1 aliphatic rings. The van der Waals surface area contributed by atoms with E-state index < -0.39 is 6.04 Å². The molecule has 8 heteroatoms. The van der Waals surface area contributed by atoms with Crippen molar-refractivity contribution in [3.63, 3.8) is 0 Å². The number of carbonyl (C=O) groups is 2. The molecule has 1 saturated heterocycles. The fourth-order valence-electron chi connectivity index (χ4n) is 3.33. The molecular formula is C21H18Cl2N4O2. The number of rotatable bonds is 4. The zero-order valence-electron chi connectivity index (χ0n) is 15.4. The number of benzene rings is 1. The molecule has 148 valence electrons. The predicted octanol–water partition coefficient (Wildman–Crippen LogP) is 4.10. The van der Waals surface area contributed by atoms with Gasteiger partial charge in [0.2, 0.25) is 5.91 Å². The quantitative estimate of drug-likeness (QED) is 0.679. The van der Waals surface area contributed by atoms with Crippen LogP contribution in [0.1, 0.15) is 23.3 Å². The van der Waals surface area contributed by atoms with Crippen LogP contribution in [-0.4, -0.2) is 34.0 Å². The van der Waals surface area contributed by atoms with Crippen molar-refractivity contribution in [1.82, 2.24) is 14.9 Å². The van der Waals surface area contributed by atoms with Crippen molar-refractivity contribution in [1.29, 1.82) is 0 Å². The molecule has 3 heterocycles. The summed E-state index contributed by atoms with van der Waals surface area (Å²) in [5, 5.41) is 3.63. The number of hydrogen-bond donors (Lipinski definition) is 1. The molecule has 6 nitrogen and oxygen atoms in total. The number of nitrogens with zero attached hydrogens (tertiary/aromatic N) is 3. The molecule has 0 radical (unpaired) electrons. The molecular weight excluding hydrogens is 411 g/mol. The van der Waals surface area contributed by atoms with Gasteiger partial charge in [0.05, 0.1) is 10.0 Å². The van der Waals surface area contributed by atoms with Crippen LogP contribution >= 0.6 is 23.2 Å². The molecule has 1 aromatic carbocycles. The van der Waals surface area contributed by atoms with Gasteiger partial charge in [0.25, 0.3) is 5.91 Å². The van der Waals surface area contributed by atoms with Crippen molar-refractivity contribution in [2.24, 2.45) is 0 Å². The zero-order chi connectivity index (χ0) is 20.4. The Balaban J connectivity index is 1.50. The van der Waals surface area contributed by atoms with Gasteiger partial charge in [-0.3, -0.25) is 9.59 Å². The van der Waals surface area contributed by atoms with Crippen LogP contribution in [0.25, 0.3) is 5.82 Å². The molecule has 0 aliphatic carbocycles. The van der Waals surface area contributed by atoms with Crippen LogP contribution in [0, 0.1) is 0 Å². The lowest BCUT2D eigenvalue weighted by Gasteiger charge is -2.32. The minimum atomic E-state index is -0.622. The van der Waals surface area contributed by atoms with Gasteiger partial charge in [0.15, 0.2) is 0 Å². The SMILES string of the molecule is O=C(NC1CCCN(c2ccc(Cl)c(Cl)c2)C1=O)c1cccc(-n2cccc2)n1. The van der Waals surface area contributed by atoms with Gasteiger partial charge in [0, 0.05) is 24.6 Å². The first kappa shape index (κ1) is 19.5. The topological polar surface area (TPSA) is 67.2 Å². The van der Waals surface area contributed by atoms with E-state index in [0.717, 1.165) is 6.42 Å². The van der Waals surface area contributed by atoms with Crippen LogP contribution < -0.4 is 10.2 Å². The number of piperidine rings is 1. The summed E-state index contributed by atoms with van der Waals surface area (Å²) >= 11 is 12.1. The minimum absolute atomic E-state index is 0.176. The van der Waals surface area contributed by atoms with Gasteiger partial charge in [-0.15, -0.1) is 0 Å². The molecule has 0 spiro atoms. The number of nitrogens with one attached hydrogen (secondary N) is 1. The minimum Gasteiger partial charge on any atom is -0.339 e. The Morgan fingerprint density at radius 3 is 2.62 bits per heavy atom. The third kappa shape index (κ3) is 4.13. The highest BCUT2D eigenvalue weighted by molar-refractivity contribution is 6.42. The van der Waals surface area contributed by atoms with Crippen LogP contribution in [0.5, 0.6) is 0 Å². The second-order valence-electron chi connectivity index (χ2n) is 6.73. The predicted molar refractivity (Wildman–Crippen MR) is 113 cm³/mol. The highest BCUT2D eigenvalue weighted by atomic mass is 35.5. The second kappa shape index (κ2) is 8.27. The third-order valence-corrected chi connectivity index (χ3v) is 5.53. The molecule has 0 saturated carbocycles. The summed E-state index contributed by atoms with van der Waals surface area (Å²) in [5.74, 6) is 0.0768. The molecule has 1 aliphatic heterocycles. The lowest BCUT2D eigenvalue weighted by Crippen LogP contribution is -2.52. The average Bonchev–Trinajstić information content (AvgIpc) is 3.27. The van der Waals surface area contributed by atoms with Crippen molar-refractivity contribution < 1.29 is 9.59 Å². The van der Waals surface area contributed by atoms with Gasteiger partial charge in [-0.1, -0.05) is 29.3 Å². The van der Waals surface area contributed by atoms with Crippen LogP contribution in [-0.2, 0) is 4.79 Å². The number of pyridine rings is 1. The number of hydrogen-bond acceptors (Lipinski definition) is 3. The second-order valence-corrected chi connectivity index (χ2v) is 7.54.